The molecule has 2 heteroatoms. The van der Waals surface area contributed by atoms with Crippen molar-refractivity contribution >= 4 is 16.6 Å². The highest BCUT2D eigenvalue weighted by Gasteiger charge is 2.19. The van der Waals surface area contributed by atoms with Gasteiger partial charge in [0.05, 0.1) is 0 Å². The molecule has 1 aliphatic heterocycles. The van der Waals surface area contributed by atoms with Crippen LogP contribution in [0.4, 0.5) is 5.69 Å². The Bertz CT molecular complexity index is 1050. The van der Waals surface area contributed by atoms with E-state index in [-0.39, 0.29) is 0 Å². The maximum absolute atomic E-state index is 3.66. The Morgan fingerprint density at radius 2 is 1.58 bits per heavy atom. The summed E-state index contributed by atoms with van der Waals surface area (Å²) in [5, 5.41) is 1.35. The number of fused-ring (bicyclic) bond motifs is 2. The summed E-state index contributed by atoms with van der Waals surface area (Å²) in [6.45, 7) is 2.18. The number of hydrogen-bond acceptors (Lipinski definition) is 1. The molecule has 0 fully saturated rings. The van der Waals surface area contributed by atoms with Crippen LogP contribution in [-0.4, -0.2) is 18.1 Å². The lowest BCUT2D eigenvalue weighted by molar-refractivity contribution is 0.816. The standard InChI is InChI=1S/C24H22N2/c1-2-9-19(10-3-1)24-21(20-11-5-6-12-22(20)25-24)15-17-26-16-14-18-8-4-7-13-23(18)26/h1-13,25H,14-17H2. The van der Waals surface area contributed by atoms with Crippen molar-refractivity contribution in [2.75, 3.05) is 18.0 Å². The van der Waals surface area contributed by atoms with Crippen LogP contribution in [0.2, 0.25) is 0 Å². The number of aromatic amines is 1. The van der Waals surface area contributed by atoms with E-state index in [1.165, 1.54) is 39.0 Å². The van der Waals surface area contributed by atoms with Crippen molar-refractivity contribution in [3.05, 3.63) is 90.0 Å². The molecule has 0 radical (unpaired) electrons. The molecule has 4 aromatic rings. The molecule has 1 aliphatic rings. The monoisotopic (exact) mass is 338 g/mol. The van der Waals surface area contributed by atoms with Gasteiger partial charge >= 0.3 is 0 Å². The molecular formula is C24H22N2. The number of hydrogen-bond donors (Lipinski definition) is 1. The molecule has 5 rings (SSSR count). The molecule has 0 aliphatic carbocycles. The summed E-state index contributed by atoms with van der Waals surface area (Å²) in [7, 11) is 0. The first-order valence-electron chi connectivity index (χ1n) is 9.38. The average Bonchev–Trinajstić information content (AvgIpc) is 3.28. The minimum absolute atomic E-state index is 1.04. The lowest BCUT2D eigenvalue weighted by atomic mass is 10.0. The van der Waals surface area contributed by atoms with E-state index in [4.69, 9.17) is 0 Å². The summed E-state index contributed by atoms with van der Waals surface area (Å²) >= 11 is 0. The molecule has 0 bridgehead atoms. The predicted octanol–water partition coefficient (Wildman–Crippen LogP) is 5.44. The van der Waals surface area contributed by atoms with Crippen LogP contribution in [0.25, 0.3) is 22.2 Å². The van der Waals surface area contributed by atoms with Crippen LogP contribution in [-0.2, 0) is 12.8 Å². The molecule has 0 unspecified atom stereocenters. The van der Waals surface area contributed by atoms with Gasteiger partial charge < -0.3 is 9.88 Å². The van der Waals surface area contributed by atoms with Gasteiger partial charge in [-0.3, -0.25) is 0 Å². The zero-order valence-electron chi connectivity index (χ0n) is 14.8. The summed E-state index contributed by atoms with van der Waals surface area (Å²) in [5.41, 5.74) is 8.07. The number of para-hydroxylation sites is 2. The minimum atomic E-state index is 1.04. The topological polar surface area (TPSA) is 19.0 Å². The van der Waals surface area contributed by atoms with Crippen molar-refractivity contribution < 1.29 is 0 Å². The maximum atomic E-state index is 3.66. The number of aromatic nitrogens is 1. The lowest BCUT2D eigenvalue weighted by Gasteiger charge is -2.19. The van der Waals surface area contributed by atoms with Crippen molar-refractivity contribution in [2.45, 2.75) is 12.8 Å². The van der Waals surface area contributed by atoms with Crippen molar-refractivity contribution in [3.8, 4) is 11.3 Å². The Hall–Kier alpha value is -3.00. The third kappa shape index (κ3) is 2.59. The smallest absolute Gasteiger partial charge is 0.0498 e. The molecule has 26 heavy (non-hydrogen) atoms. The fourth-order valence-electron chi connectivity index (χ4n) is 4.20. The van der Waals surface area contributed by atoms with Crippen LogP contribution in [0.3, 0.4) is 0 Å². The first-order chi connectivity index (χ1) is 12.9. The molecule has 128 valence electrons. The number of H-pyrrole nitrogens is 1. The SMILES string of the molecule is c1ccc(-c2[nH]c3ccccc3c2CCN2CCc3ccccc32)cc1. The maximum Gasteiger partial charge on any atom is 0.0498 e. The first kappa shape index (κ1) is 15.3. The first-order valence-corrected chi connectivity index (χ1v) is 9.38. The Morgan fingerprint density at radius 1 is 0.808 bits per heavy atom. The molecular weight excluding hydrogens is 316 g/mol. The quantitative estimate of drug-likeness (QED) is 0.525. The second kappa shape index (κ2) is 6.38. The average molecular weight is 338 g/mol. The van der Waals surface area contributed by atoms with Gasteiger partial charge in [-0.1, -0.05) is 66.7 Å². The van der Waals surface area contributed by atoms with E-state index in [0.717, 1.165) is 25.9 Å². The van der Waals surface area contributed by atoms with Gasteiger partial charge in [-0.05, 0) is 41.7 Å². The van der Waals surface area contributed by atoms with Gasteiger partial charge in [0.25, 0.3) is 0 Å². The van der Waals surface area contributed by atoms with E-state index in [9.17, 15) is 0 Å². The van der Waals surface area contributed by atoms with Crippen molar-refractivity contribution in [2.24, 2.45) is 0 Å². The predicted molar refractivity (Wildman–Crippen MR) is 110 cm³/mol. The van der Waals surface area contributed by atoms with Gasteiger partial charge in [-0.2, -0.15) is 0 Å². The molecule has 0 atom stereocenters. The Labute approximate surface area is 154 Å². The van der Waals surface area contributed by atoms with Gasteiger partial charge in [-0.15, -0.1) is 0 Å². The third-order valence-corrected chi connectivity index (χ3v) is 5.49. The van der Waals surface area contributed by atoms with E-state index in [2.05, 4.69) is 88.7 Å². The Kier molecular flexibility index (Phi) is 3.75. The zero-order chi connectivity index (χ0) is 17.3. The second-order valence-corrected chi connectivity index (χ2v) is 7.01. The van der Waals surface area contributed by atoms with E-state index < -0.39 is 0 Å². The summed E-state index contributed by atoms with van der Waals surface area (Å²) in [4.78, 5) is 6.19. The van der Waals surface area contributed by atoms with Crippen LogP contribution >= 0.6 is 0 Å². The van der Waals surface area contributed by atoms with Crippen LogP contribution in [0.15, 0.2) is 78.9 Å². The Morgan fingerprint density at radius 3 is 2.50 bits per heavy atom. The fraction of sp³-hybridized carbons (Fsp3) is 0.167. The summed E-state index contributed by atoms with van der Waals surface area (Å²) in [6, 6.07) is 28.2. The van der Waals surface area contributed by atoms with Gasteiger partial charge in [-0.25, -0.2) is 0 Å². The molecule has 1 N–H and O–H groups in total. The highest BCUT2D eigenvalue weighted by molar-refractivity contribution is 5.90. The molecule has 0 saturated carbocycles. The van der Waals surface area contributed by atoms with Crippen LogP contribution in [0.5, 0.6) is 0 Å². The third-order valence-electron chi connectivity index (χ3n) is 5.49. The molecule has 0 spiro atoms. The summed E-state index contributed by atoms with van der Waals surface area (Å²) in [5.74, 6) is 0. The van der Waals surface area contributed by atoms with Gasteiger partial charge in [0.2, 0.25) is 0 Å². The van der Waals surface area contributed by atoms with E-state index in [0.29, 0.717) is 0 Å². The van der Waals surface area contributed by atoms with E-state index >= 15 is 0 Å². The van der Waals surface area contributed by atoms with Crippen LogP contribution < -0.4 is 4.90 Å². The number of rotatable bonds is 4. The zero-order valence-corrected chi connectivity index (χ0v) is 14.8. The van der Waals surface area contributed by atoms with Gasteiger partial charge in [0, 0.05) is 35.4 Å². The van der Waals surface area contributed by atoms with E-state index in [1.807, 2.05) is 0 Å². The normalized spacial score (nSPS) is 13.3. The molecule has 2 heterocycles. The number of benzene rings is 3. The molecule has 0 saturated heterocycles. The van der Waals surface area contributed by atoms with Gasteiger partial charge in [0.15, 0.2) is 0 Å². The number of nitrogens with one attached hydrogen (secondary N) is 1. The van der Waals surface area contributed by atoms with Gasteiger partial charge in [0.1, 0.15) is 0 Å². The molecule has 3 aromatic carbocycles. The van der Waals surface area contributed by atoms with Crippen LogP contribution in [0, 0.1) is 0 Å². The van der Waals surface area contributed by atoms with Crippen molar-refractivity contribution in [3.63, 3.8) is 0 Å². The Balaban J connectivity index is 1.51. The molecule has 1 aromatic heterocycles. The number of anilines is 1. The largest absolute Gasteiger partial charge is 0.371 e. The second-order valence-electron chi connectivity index (χ2n) is 7.01. The summed E-state index contributed by atoms with van der Waals surface area (Å²) < 4.78 is 0. The fourth-order valence-corrected chi connectivity index (χ4v) is 4.20. The minimum Gasteiger partial charge on any atom is -0.371 e. The van der Waals surface area contributed by atoms with Crippen molar-refractivity contribution in [1.82, 2.24) is 4.98 Å². The lowest BCUT2D eigenvalue weighted by Crippen LogP contribution is -2.23. The highest BCUT2D eigenvalue weighted by atomic mass is 15.1. The molecule has 0 amide bonds. The highest BCUT2D eigenvalue weighted by Crippen LogP contribution is 2.32. The molecule has 2 nitrogen and oxygen atoms in total. The van der Waals surface area contributed by atoms with Crippen LogP contribution in [0.1, 0.15) is 11.1 Å². The van der Waals surface area contributed by atoms with Crippen molar-refractivity contribution in [1.29, 1.82) is 0 Å². The summed E-state index contributed by atoms with van der Waals surface area (Å²) in [6.07, 6.45) is 2.21. The number of nitrogens with zero attached hydrogens (tertiary/aromatic N) is 1. The van der Waals surface area contributed by atoms with E-state index in [1.54, 1.807) is 0 Å².